The molecule has 0 saturated heterocycles. The average molecular weight is 230 g/mol. The molecular weight excluding hydrogens is 230 g/mol. The first kappa shape index (κ1) is 200. The summed E-state index contributed by atoms with van der Waals surface area (Å²) in [6.07, 6.45) is 0. The third kappa shape index (κ3) is 95.5. The van der Waals surface area contributed by atoms with Crippen LogP contribution in [0.15, 0.2) is 0 Å². The molecule has 0 aromatic heterocycles. The molecule has 0 aliphatic carbocycles. The second-order valence-corrected chi connectivity index (χ2v) is 0. The quantitative estimate of drug-likeness (QED) is 0.499. The van der Waals surface area contributed by atoms with E-state index >= 15 is 0 Å². The fourth-order valence-corrected chi connectivity index (χ4v) is 0. The molecule has 0 amide bonds. The van der Waals surface area contributed by atoms with E-state index < -0.39 is 0 Å². The van der Waals surface area contributed by atoms with Crippen molar-refractivity contribution >= 4 is 0 Å². The van der Waals surface area contributed by atoms with Crippen molar-refractivity contribution in [2.45, 2.75) is 0 Å². The maximum atomic E-state index is 0. The Kier molecular flexibility index (Phi) is 3790. The van der Waals surface area contributed by atoms with Gasteiger partial charge in [-0.15, -0.1) is 0 Å². The van der Waals surface area contributed by atoms with Gasteiger partial charge in [-0.25, -0.2) is 0 Å². The van der Waals surface area contributed by atoms with E-state index in [9.17, 15) is 0 Å². The minimum atomic E-state index is 0. The molecule has 4 nitrogen and oxygen atoms in total. The van der Waals surface area contributed by atoms with E-state index in [0.717, 1.165) is 0 Å². The molecule has 0 aliphatic heterocycles. The van der Waals surface area contributed by atoms with Crippen molar-refractivity contribution in [2.75, 3.05) is 0 Å². The molecule has 0 spiro atoms. The smallest absolute Gasteiger partial charge is 2.00 e. The molecule has 0 unspecified atom stereocenters. The van der Waals surface area contributed by atoms with Crippen LogP contribution in [0.4, 0.5) is 0 Å². The number of rotatable bonds is 0. The van der Waals surface area contributed by atoms with Gasteiger partial charge >= 0.3 is 55.3 Å². The summed E-state index contributed by atoms with van der Waals surface area (Å²) in [4.78, 5) is 0. The molecule has 2 radical (unpaired) electrons. The molecule has 0 N–H and O–H groups in total. The van der Waals surface area contributed by atoms with Crippen molar-refractivity contribution < 1.29 is 77.2 Å². The number of hydrogen-bond donors (Lipinski definition) is 0. The van der Waals surface area contributed by atoms with Gasteiger partial charge in [0.25, 0.3) is 0 Å². The van der Waals surface area contributed by atoms with E-state index in [1.165, 1.54) is 0 Å². The average Bonchev–Trinajstić information content (AvgIpc) is 0. The van der Waals surface area contributed by atoms with Crippen LogP contribution in [0, 0.1) is 0 Å². The predicted octanol–water partition coefficient (Wildman–Crippen LogP) is -0.483. The van der Waals surface area contributed by atoms with Crippen molar-refractivity contribution in [3.05, 3.63) is 0 Å². The van der Waals surface area contributed by atoms with Crippen LogP contribution in [0.25, 0.3) is 0 Å². The van der Waals surface area contributed by atoms with Crippen LogP contribution in [0.5, 0.6) is 0 Å². The Labute approximate surface area is 76.9 Å². The van der Waals surface area contributed by atoms with Gasteiger partial charge in [0.2, 0.25) is 0 Å². The molecule has 0 rings (SSSR count). The van der Waals surface area contributed by atoms with Crippen molar-refractivity contribution in [3.63, 3.8) is 0 Å². The zero-order valence-electron chi connectivity index (χ0n) is 2.80. The summed E-state index contributed by atoms with van der Waals surface area (Å²) < 4.78 is 0. The zero-order chi connectivity index (χ0) is 0. The van der Waals surface area contributed by atoms with Gasteiger partial charge in [-0.05, 0) is 0 Å². The molecule has 7 heteroatoms. The maximum absolute atomic E-state index is 0. The fraction of sp³-hybridized carbons (Fsp3) is 0. The van der Waals surface area contributed by atoms with E-state index in [1.54, 1.807) is 0 Å². The van der Waals surface area contributed by atoms with Crippen LogP contribution in [0.2, 0.25) is 0 Å². The summed E-state index contributed by atoms with van der Waals surface area (Å²) in [5.41, 5.74) is 0. The molecule has 46 valence electrons. The Hall–Kier alpha value is 1.57. The summed E-state index contributed by atoms with van der Waals surface area (Å²) in [6, 6.07) is 0. The van der Waals surface area contributed by atoms with Crippen molar-refractivity contribution in [1.82, 2.24) is 0 Å². The molecule has 0 heterocycles. The van der Waals surface area contributed by atoms with Crippen LogP contribution in [0.3, 0.4) is 0 Å². The Morgan fingerprint density at radius 2 is 0.429 bits per heavy atom. The van der Waals surface area contributed by atoms with Gasteiger partial charge in [0, 0.05) is 0 Å². The molecule has 0 saturated carbocycles. The van der Waals surface area contributed by atoms with Gasteiger partial charge in [0.05, 0.1) is 0 Å². The maximum Gasteiger partial charge on any atom is 4.00 e. The van der Waals surface area contributed by atoms with E-state index in [2.05, 4.69) is 0 Å². The molecule has 0 atom stereocenters. The van der Waals surface area contributed by atoms with E-state index in [1.807, 2.05) is 0 Å². The summed E-state index contributed by atoms with van der Waals surface area (Å²) in [7, 11) is 0. The summed E-state index contributed by atoms with van der Waals surface area (Å²) >= 11 is 0. The minimum Gasteiger partial charge on any atom is -2.00 e. The van der Waals surface area contributed by atoms with Crippen LogP contribution < -0.4 is 0 Å². The molecule has 0 fully saturated rings. The topological polar surface area (TPSA) is 114 Å². The SMILES string of the molecule is [Co+2].[Co+2].[O-2].[O-2].[O-2].[O-2].[Ti+4]. The number of hydrogen-bond acceptors (Lipinski definition) is 0. The third-order valence-electron chi connectivity index (χ3n) is 0. The third-order valence-corrected chi connectivity index (χ3v) is 0. The van der Waals surface area contributed by atoms with Crippen LogP contribution in [-0.4, -0.2) is 0 Å². The Bertz CT molecular complexity index is 9.65. The van der Waals surface area contributed by atoms with Gasteiger partial charge < -0.3 is 21.9 Å². The van der Waals surface area contributed by atoms with Crippen molar-refractivity contribution in [3.8, 4) is 0 Å². The molecule has 7 heavy (non-hydrogen) atoms. The summed E-state index contributed by atoms with van der Waals surface area (Å²) in [5, 5.41) is 0. The first-order chi connectivity index (χ1) is 0. The van der Waals surface area contributed by atoms with Crippen molar-refractivity contribution in [2.24, 2.45) is 0 Å². The van der Waals surface area contributed by atoms with Gasteiger partial charge in [0.15, 0.2) is 0 Å². The van der Waals surface area contributed by atoms with Crippen LogP contribution in [-0.2, 0) is 77.2 Å². The second-order valence-electron chi connectivity index (χ2n) is 0. The summed E-state index contributed by atoms with van der Waals surface area (Å²) in [5.74, 6) is 0. The van der Waals surface area contributed by atoms with Crippen LogP contribution in [0.1, 0.15) is 0 Å². The first-order valence-electron chi connectivity index (χ1n) is 0. The Balaban J connectivity index is 0. The standard InChI is InChI=1S/2Co.4O.Ti/q2*+2;4*-2;+4. The van der Waals surface area contributed by atoms with Crippen molar-refractivity contribution in [1.29, 1.82) is 0 Å². The molecule has 0 aliphatic rings. The minimum absolute atomic E-state index is 0. The largest absolute Gasteiger partial charge is 4.00 e. The first-order valence-corrected chi connectivity index (χ1v) is 0. The fourth-order valence-electron chi connectivity index (χ4n) is 0. The van der Waals surface area contributed by atoms with Gasteiger partial charge in [-0.2, -0.15) is 0 Å². The van der Waals surface area contributed by atoms with E-state index in [-0.39, 0.29) is 77.2 Å². The predicted molar refractivity (Wildman–Crippen MR) is 2.75 cm³/mol. The van der Waals surface area contributed by atoms with E-state index in [4.69, 9.17) is 0 Å². The second kappa shape index (κ2) is 133. The molecular formula is Co2O4Ti. The Morgan fingerprint density at radius 3 is 0.429 bits per heavy atom. The Morgan fingerprint density at radius 1 is 0.429 bits per heavy atom. The van der Waals surface area contributed by atoms with Gasteiger partial charge in [-0.1, -0.05) is 0 Å². The van der Waals surface area contributed by atoms with E-state index in [0.29, 0.717) is 0 Å². The van der Waals surface area contributed by atoms with Crippen LogP contribution >= 0.6 is 0 Å². The van der Waals surface area contributed by atoms with Gasteiger partial charge in [-0.3, -0.25) is 0 Å². The van der Waals surface area contributed by atoms with Gasteiger partial charge in [0.1, 0.15) is 0 Å². The molecule has 0 aromatic carbocycles. The zero-order valence-corrected chi connectivity index (χ0v) is 6.44. The normalized spacial score (nSPS) is 0. The molecule has 0 aromatic rings. The molecule has 0 bridgehead atoms. The summed E-state index contributed by atoms with van der Waals surface area (Å²) in [6.45, 7) is 0. The monoisotopic (exact) mass is 230 g/mol.